The Morgan fingerprint density at radius 2 is 2.00 bits per heavy atom. The first kappa shape index (κ1) is 20.8. The van der Waals surface area contributed by atoms with Crippen LogP contribution in [-0.2, 0) is 0 Å². The molecule has 0 radical (unpaired) electrons. The van der Waals surface area contributed by atoms with E-state index in [1.807, 2.05) is 25.1 Å². The van der Waals surface area contributed by atoms with E-state index in [9.17, 15) is 9.18 Å². The number of amides is 1. The molecule has 9 nitrogen and oxygen atoms in total. The van der Waals surface area contributed by atoms with Crippen LogP contribution in [0.4, 0.5) is 4.39 Å². The zero-order valence-corrected chi connectivity index (χ0v) is 18.1. The lowest BCUT2D eigenvalue weighted by molar-refractivity contribution is 0.0715. The second-order valence-electron chi connectivity index (χ2n) is 7.76. The molecule has 1 amide bonds. The van der Waals surface area contributed by atoms with Gasteiger partial charge in [0.25, 0.3) is 11.8 Å². The van der Waals surface area contributed by atoms with E-state index in [4.69, 9.17) is 9.15 Å². The molecular formula is C23H21FN6O3. The molecule has 0 aliphatic carbocycles. The molecule has 4 aromatic rings. The third kappa shape index (κ3) is 3.73. The van der Waals surface area contributed by atoms with Crippen molar-refractivity contribution in [3.8, 4) is 22.9 Å². The second-order valence-corrected chi connectivity index (χ2v) is 7.76. The van der Waals surface area contributed by atoms with Crippen molar-refractivity contribution in [3.05, 3.63) is 71.6 Å². The largest absolute Gasteiger partial charge is 0.493 e. The van der Waals surface area contributed by atoms with Gasteiger partial charge in [-0.3, -0.25) is 4.79 Å². The van der Waals surface area contributed by atoms with Gasteiger partial charge < -0.3 is 14.1 Å². The van der Waals surface area contributed by atoms with E-state index in [1.54, 1.807) is 29.4 Å². The first-order chi connectivity index (χ1) is 16.1. The maximum Gasteiger partial charge on any atom is 0.256 e. The number of methoxy groups -OCH3 is 1. The highest BCUT2D eigenvalue weighted by Gasteiger charge is 2.36. The molecule has 1 aliphatic rings. The van der Waals surface area contributed by atoms with Crippen LogP contribution in [-0.4, -0.2) is 49.7 Å². The lowest BCUT2D eigenvalue weighted by Crippen LogP contribution is -2.31. The molecule has 1 saturated heterocycles. The standard InChI is InChI=1S/C23H21FN6O3/c1-14-8-9-18(30-25-10-11-26-30)16(13-14)23(31)29-12-4-7-19(29)22-28-27-21(33-22)15-5-3-6-17(24)20(15)32-2/h3,5-6,8-11,13,19H,4,7,12H2,1-2H3. The summed E-state index contributed by atoms with van der Waals surface area (Å²) < 4.78 is 25.2. The quantitative estimate of drug-likeness (QED) is 0.458. The fourth-order valence-corrected chi connectivity index (χ4v) is 4.12. The molecule has 10 heteroatoms. The summed E-state index contributed by atoms with van der Waals surface area (Å²) in [4.78, 5) is 16.8. The molecular weight excluding hydrogens is 427 g/mol. The van der Waals surface area contributed by atoms with E-state index in [1.165, 1.54) is 18.0 Å². The maximum atomic E-state index is 14.1. The lowest BCUT2D eigenvalue weighted by atomic mass is 10.1. The Bertz CT molecular complexity index is 1300. The van der Waals surface area contributed by atoms with Crippen molar-refractivity contribution < 1.29 is 18.3 Å². The summed E-state index contributed by atoms with van der Waals surface area (Å²) in [5.41, 5.74) is 2.39. The van der Waals surface area contributed by atoms with Gasteiger partial charge in [0.15, 0.2) is 11.6 Å². The number of hydrogen-bond acceptors (Lipinski definition) is 7. The zero-order valence-electron chi connectivity index (χ0n) is 18.1. The number of benzene rings is 2. The summed E-state index contributed by atoms with van der Waals surface area (Å²) in [5, 5.41) is 16.6. The van der Waals surface area contributed by atoms with Crippen molar-refractivity contribution >= 4 is 5.91 Å². The third-order valence-electron chi connectivity index (χ3n) is 5.66. The maximum absolute atomic E-state index is 14.1. The predicted octanol–water partition coefficient (Wildman–Crippen LogP) is 3.75. The Morgan fingerprint density at radius 3 is 2.79 bits per heavy atom. The fraction of sp³-hybridized carbons (Fsp3) is 0.261. The van der Waals surface area contributed by atoms with Crippen molar-refractivity contribution in [2.24, 2.45) is 0 Å². The van der Waals surface area contributed by atoms with Gasteiger partial charge in [-0.2, -0.15) is 15.0 Å². The van der Waals surface area contributed by atoms with Crippen LogP contribution in [0.5, 0.6) is 5.75 Å². The summed E-state index contributed by atoms with van der Waals surface area (Å²) in [6, 6.07) is 9.66. The molecule has 168 valence electrons. The summed E-state index contributed by atoms with van der Waals surface area (Å²) in [5.74, 6) is -0.224. The molecule has 2 aromatic carbocycles. The van der Waals surface area contributed by atoms with Crippen LogP contribution in [0.1, 0.15) is 40.7 Å². The number of carbonyl (C=O) groups is 1. The number of aryl methyl sites for hydroxylation is 1. The van der Waals surface area contributed by atoms with Gasteiger partial charge in [-0.05, 0) is 44.0 Å². The fourth-order valence-electron chi connectivity index (χ4n) is 4.12. The Hall–Kier alpha value is -4.08. The van der Waals surface area contributed by atoms with Gasteiger partial charge in [0.05, 0.1) is 36.3 Å². The van der Waals surface area contributed by atoms with Crippen LogP contribution >= 0.6 is 0 Å². The molecule has 1 aliphatic heterocycles. The van der Waals surface area contributed by atoms with Gasteiger partial charge in [-0.1, -0.05) is 17.7 Å². The van der Waals surface area contributed by atoms with Crippen molar-refractivity contribution in [3.63, 3.8) is 0 Å². The first-order valence-electron chi connectivity index (χ1n) is 10.5. The Balaban J connectivity index is 1.48. The number of carbonyl (C=O) groups excluding carboxylic acids is 1. The van der Waals surface area contributed by atoms with E-state index >= 15 is 0 Å². The number of ether oxygens (including phenoxy) is 1. The molecule has 0 saturated carbocycles. The van der Waals surface area contributed by atoms with E-state index in [0.717, 1.165) is 12.0 Å². The van der Waals surface area contributed by atoms with Gasteiger partial charge in [-0.25, -0.2) is 4.39 Å². The number of likely N-dealkylation sites (tertiary alicyclic amines) is 1. The predicted molar refractivity (Wildman–Crippen MR) is 115 cm³/mol. The van der Waals surface area contributed by atoms with Gasteiger partial charge in [-0.15, -0.1) is 10.2 Å². The highest BCUT2D eigenvalue weighted by molar-refractivity contribution is 5.98. The van der Waals surface area contributed by atoms with Gasteiger partial charge in [0.1, 0.15) is 6.04 Å². The van der Waals surface area contributed by atoms with Crippen LogP contribution in [0.3, 0.4) is 0 Å². The minimum atomic E-state index is -0.522. The van der Waals surface area contributed by atoms with Crippen LogP contribution in [0, 0.1) is 12.7 Å². The molecule has 5 rings (SSSR count). The molecule has 1 atom stereocenters. The molecule has 3 heterocycles. The molecule has 33 heavy (non-hydrogen) atoms. The minimum absolute atomic E-state index is 0.0307. The SMILES string of the molecule is COc1c(F)cccc1-c1nnc(C2CCCN2C(=O)c2cc(C)ccc2-n2nccn2)o1. The Kier molecular flexibility index (Phi) is 5.33. The topological polar surface area (TPSA) is 99.2 Å². The third-order valence-corrected chi connectivity index (χ3v) is 5.66. The summed E-state index contributed by atoms with van der Waals surface area (Å²) >= 11 is 0. The zero-order chi connectivity index (χ0) is 22.9. The minimum Gasteiger partial charge on any atom is -0.493 e. The van der Waals surface area contributed by atoms with Gasteiger partial charge in [0, 0.05) is 6.54 Å². The number of nitrogens with zero attached hydrogens (tertiary/aromatic N) is 6. The molecule has 0 N–H and O–H groups in total. The van der Waals surface area contributed by atoms with E-state index in [0.29, 0.717) is 35.7 Å². The van der Waals surface area contributed by atoms with Crippen molar-refractivity contribution in [1.82, 2.24) is 30.1 Å². The van der Waals surface area contributed by atoms with E-state index < -0.39 is 11.9 Å². The number of halogens is 1. The van der Waals surface area contributed by atoms with Crippen LogP contribution in [0.25, 0.3) is 17.1 Å². The van der Waals surface area contributed by atoms with Gasteiger partial charge >= 0.3 is 0 Å². The van der Waals surface area contributed by atoms with E-state index in [2.05, 4.69) is 20.4 Å². The smallest absolute Gasteiger partial charge is 0.256 e. The molecule has 0 spiro atoms. The number of aromatic nitrogens is 5. The molecule has 2 aromatic heterocycles. The van der Waals surface area contributed by atoms with Crippen molar-refractivity contribution in [2.75, 3.05) is 13.7 Å². The Labute approximate surface area is 188 Å². The average Bonchev–Trinajstić information content (AvgIpc) is 3.59. The number of para-hydroxylation sites is 1. The van der Waals surface area contributed by atoms with Crippen molar-refractivity contribution in [1.29, 1.82) is 0 Å². The summed E-state index contributed by atoms with van der Waals surface area (Å²) in [7, 11) is 1.38. The average molecular weight is 448 g/mol. The second kappa shape index (κ2) is 8.45. The van der Waals surface area contributed by atoms with Crippen LogP contribution in [0.15, 0.2) is 53.2 Å². The highest BCUT2D eigenvalue weighted by Crippen LogP contribution is 2.37. The summed E-state index contributed by atoms with van der Waals surface area (Å²) in [6.07, 6.45) is 4.59. The number of rotatable bonds is 5. The first-order valence-corrected chi connectivity index (χ1v) is 10.5. The van der Waals surface area contributed by atoms with Crippen LogP contribution < -0.4 is 4.74 Å². The monoisotopic (exact) mass is 448 g/mol. The summed E-state index contributed by atoms with van der Waals surface area (Å²) in [6.45, 7) is 2.47. The van der Waals surface area contributed by atoms with Crippen molar-refractivity contribution in [2.45, 2.75) is 25.8 Å². The molecule has 1 unspecified atom stereocenters. The molecule has 0 bridgehead atoms. The van der Waals surface area contributed by atoms with E-state index in [-0.39, 0.29) is 17.5 Å². The normalized spacial score (nSPS) is 15.7. The highest BCUT2D eigenvalue weighted by atomic mass is 19.1. The molecule has 1 fully saturated rings. The van der Waals surface area contributed by atoms with Gasteiger partial charge in [0.2, 0.25) is 5.89 Å². The number of hydrogen-bond donors (Lipinski definition) is 0. The Morgan fingerprint density at radius 1 is 1.18 bits per heavy atom. The lowest BCUT2D eigenvalue weighted by Gasteiger charge is -2.23. The van der Waals surface area contributed by atoms with Crippen LogP contribution in [0.2, 0.25) is 0 Å².